The molecule has 0 bridgehead atoms. The highest BCUT2D eigenvalue weighted by Gasteiger charge is 2.39. The lowest BCUT2D eigenvalue weighted by Gasteiger charge is -2.36. The second-order valence-corrected chi connectivity index (χ2v) is 9.13. The number of methoxy groups -OCH3 is 3. The molecule has 10 nitrogen and oxygen atoms in total. The highest BCUT2D eigenvalue weighted by atomic mass is 32.2. The summed E-state index contributed by atoms with van der Waals surface area (Å²) in [6.45, 7) is 1.65. The van der Waals surface area contributed by atoms with Gasteiger partial charge in [0.05, 0.1) is 43.6 Å². The minimum Gasteiger partial charge on any atom is -0.493 e. The van der Waals surface area contributed by atoms with E-state index in [2.05, 4.69) is 0 Å². The van der Waals surface area contributed by atoms with E-state index in [1.807, 2.05) is 0 Å². The zero-order valence-corrected chi connectivity index (χ0v) is 19.0. The number of carbonyl (C=O) groups is 1. The van der Waals surface area contributed by atoms with Crippen LogP contribution in [0.5, 0.6) is 11.5 Å². The Bertz CT molecular complexity index is 1160. The molecule has 0 unspecified atom stereocenters. The van der Waals surface area contributed by atoms with Crippen LogP contribution in [-0.4, -0.2) is 51.5 Å². The van der Waals surface area contributed by atoms with Crippen LogP contribution >= 0.6 is 0 Å². The lowest BCUT2D eigenvalue weighted by molar-refractivity contribution is -0.385. The van der Waals surface area contributed by atoms with Crippen LogP contribution in [0.2, 0.25) is 0 Å². The monoisotopic (exact) mass is 464 g/mol. The third kappa shape index (κ3) is 4.26. The molecule has 172 valence electrons. The van der Waals surface area contributed by atoms with Gasteiger partial charge in [0.15, 0.2) is 11.5 Å². The largest absolute Gasteiger partial charge is 0.493 e. The van der Waals surface area contributed by atoms with Gasteiger partial charge in [0.2, 0.25) is 10.0 Å². The van der Waals surface area contributed by atoms with E-state index < -0.39 is 27.0 Å². The lowest BCUT2D eigenvalue weighted by atomic mass is 9.91. The van der Waals surface area contributed by atoms with Gasteiger partial charge in [0.1, 0.15) is 0 Å². The Kier molecular flexibility index (Phi) is 6.70. The van der Waals surface area contributed by atoms with E-state index in [-0.39, 0.29) is 23.5 Å². The number of nitro benzene ring substituents is 1. The minimum atomic E-state index is -4.18. The molecule has 0 saturated heterocycles. The quantitative estimate of drug-likeness (QED) is 0.348. The first-order chi connectivity index (χ1) is 15.1. The molecule has 2 aromatic carbocycles. The van der Waals surface area contributed by atoms with Crippen LogP contribution in [0, 0.1) is 17.0 Å². The SMILES string of the molecule is COC(=O)C[C@H]1c2cc(OC)c(OC)cc2CCN1S(=O)(=O)c1cc([N+](=O)[O-])ccc1C. The number of carbonyl (C=O) groups excluding carboxylic acids is 1. The number of hydrogen-bond donors (Lipinski definition) is 0. The summed E-state index contributed by atoms with van der Waals surface area (Å²) >= 11 is 0. The Morgan fingerprint density at radius 3 is 2.41 bits per heavy atom. The second-order valence-electron chi connectivity index (χ2n) is 7.27. The first kappa shape index (κ1) is 23.5. The molecular formula is C21H24N2O8S. The molecule has 0 amide bonds. The molecule has 0 N–H and O–H groups in total. The number of rotatable bonds is 7. The van der Waals surface area contributed by atoms with Crippen LogP contribution in [-0.2, 0) is 26.0 Å². The molecule has 0 radical (unpaired) electrons. The van der Waals surface area contributed by atoms with Crippen LogP contribution in [0.3, 0.4) is 0 Å². The Labute approximate surface area is 185 Å². The summed E-state index contributed by atoms with van der Waals surface area (Å²) in [6, 6.07) is 6.23. The number of ether oxygens (including phenoxy) is 3. The standard InChI is InChI=1S/C21H24N2O8S/c1-13-5-6-15(23(25)26)10-20(13)32(27,28)22-8-7-14-9-18(29-2)19(30-3)11-16(14)17(22)12-21(24)31-4/h5-6,9-11,17H,7-8,12H2,1-4H3/t17-/m0/s1. The van der Waals surface area contributed by atoms with Crippen molar-refractivity contribution in [1.29, 1.82) is 0 Å². The van der Waals surface area contributed by atoms with Crippen LogP contribution in [0.1, 0.15) is 29.2 Å². The van der Waals surface area contributed by atoms with Crippen molar-refractivity contribution in [2.75, 3.05) is 27.9 Å². The molecule has 0 spiro atoms. The van der Waals surface area contributed by atoms with Gasteiger partial charge in [-0.05, 0) is 42.2 Å². The minimum absolute atomic E-state index is 0.0780. The van der Waals surface area contributed by atoms with Gasteiger partial charge in [-0.2, -0.15) is 4.31 Å². The van der Waals surface area contributed by atoms with E-state index in [1.54, 1.807) is 19.1 Å². The summed E-state index contributed by atoms with van der Waals surface area (Å²) in [5.74, 6) is 0.300. The van der Waals surface area contributed by atoms with Crippen molar-refractivity contribution in [1.82, 2.24) is 4.31 Å². The molecule has 11 heteroatoms. The van der Waals surface area contributed by atoms with E-state index >= 15 is 0 Å². The van der Waals surface area contributed by atoms with Crippen molar-refractivity contribution in [3.63, 3.8) is 0 Å². The summed E-state index contributed by atoms with van der Waals surface area (Å²) < 4.78 is 44.0. The maximum atomic E-state index is 13.6. The van der Waals surface area contributed by atoms with Crippen molar-refractivity contribution in [3.05, 3.63) is 57.1 Å². The van der Waals surface area contributed by atoms with Crippen molar-refractivity contribution < 1.29 is 32.3 Å². The van der Waals surface area contributed by atoms with Gasteiger partial charge in [-0.3, -0.25) is 14.9 Å². The molecular weight excluding hydrogens is 440 g/mol. The zero-order valence-electron chi connectivity index (χ0n) is 18.2. The van der Waals surface area contributed by atoms with E-state index in [0.29, 0.717) is 29.0 Å². The Balaban J connectivity index is 2.16. The second kappa shape index (κ2) is 9.13. The first-order valence-electron chi connectivity index (χ1n) is 9.72. The number of fused-ring (bicyclic) bond motifs is 1. The molecule has 1 aliphatic rings. The van der Waals surface area contributed by atoms with Crippen LogP contribution in [0.15, 0.2) is 35.2 Å². The molecule has 0 saturated carbocycles. The first-order valence-corrected chi connectivity index (χ1v) is 11.2. The third-order valence-electron chi connectivity index (χ3n) is 5.51. The fourth-order valence-corrected chi connectivity index (χ4v) is 5.70. The average Bonchev–Trinajstić information content (AvgIpc) is 2.77. The van der Waals surface area contributed by atoms with Crippen LogP contribution in [0.25, 0.3) is 0 Å². The van der Waals surface area contributed by atoms with Crippen molar-refractivity contribution >= 4 is 21.7 Å². The predicted molar refractivity (Wildman–Crippen MR) is 114 cm³/mol. The summed E-state index contributed by atoms with van der Waals surface area (Å²) in [5, 5.41) is 11.2. The van der Waals surface area contributed by atoms with Crippen molar-refractivity contribution in [2.45, 2.75) is 30.7 Å². The summed E-state index contributed by atoms with van der Waals surface area (Å²) in [4.78, 5) is 22.6. The van der Waals surface area contributed by atoms with Gasteiger partial charge in [0.25, 0.3) is 5.69 Å². The molecule has 0 aliphatic carbocycles. The van der Waals surface area contributed by atoms with Crippen LogP contribution < -0.4 is 9.47 Å². The fourth-order valence-electron chi connectivity index (χ4n) is 3.85. The Hall–Kier alpha value is -3.18. The summed E-state index contributed by atoms with van der Waals surface area (Å²) in [5.41, 5.74) is 1.44. The van der Waals surface area contributed by atoms with Crippen molar-refractivity contribution in [3.8, 4) is 11.5 Å². The normalized spacial score (nSPS) is 16.2. The average molecular weight is 464 g/mol. The summed E-state index contributed by atoms with van der Waals surface area (Å²) in [6.07, 6.45) is 0.132. The molecule has 0 aromatic heterocycles. The van der Waals surface area contributed by atoms with Gasteiger partial charge in [-0.15, -0.1) is 0 Å². The van der Waals surface area contributed by atoms with Crippen LogP contribution in [0.4, 0.5) is 5.69 Å². The van der Waals surface area contributed by atoms with Crippen molar-refractivity contribution in [2.24, 2.45) is 0 Å². The van der Waals surface area contributed by atoms with E-state index in [0.717, 1.165) is 11.6 Å². The number of nitro groups is 1. The van der Waals surface area contributed by atoms with Gasteiger partial charge in [-0.25, -0.2) is 8.42 Å². The van der Waals surface area contributed by atoms with Gasteiger partial charge in [0, 0.05) is 18.7 Å². The topological polar surface area (TPSA) is 125 Å². The molecule has 32 heavy (non-hydrogen) atoms. The molecule has 0 fully saturated rings. The number of esters is 1. The van der Waals surface area contributed by atoms with Gasteiger partial charge in [-0.1, -0.05) is 6.07 Å². The number of non-ortho nitro benzene ring substituents is 1. The number of sulfonamides is 1. The molecule has 1 aliphatic heterocycles. The Morgan fingerprint density at radius 1 is 1.16 bits per heavy atom. The molecule has 2 aromatic rings. The lowest BCUT2D eigenvalue weighted by Crippen LogP contribution is -2.41. The third-order valence-corrected chi connectivity index (χ3v) is 7.56. The van der Waals surface area contributed by atoms with E-state index in [9.17, 15) is 23.3 Å². The summed E-state index contributed by atoms with van der Waals surface area (Å²) in [7, 11) is 0.00826. The maximum Gasteiger partial charge on any atom is 0.307 e. The van der Waals surface area contributed by atoms with E-state index in [4.69, 9.17) is 14.2 Å². The maximum absolute atomic E-state index is 13.6. The Morgan fingerprint density at radius 2 is 1.81 bits per heavy atom. The van der Waals surface area contributed by atoms with E-state index in [1.165, 1.54) is 37.8 Å². The molecule has 1 heterocycles. The number of aryl methyl sites for hydroxylation is 1. The smallest absolute Gasteiger partial charge is 0.307 e. The molecule has 1 atom stereocenters. The molecule has 3 rings (SSSR count). The number of nitrogens with zero attached hydrogens (tertiary/aromatic N) is 2. The number of benzene rings is 2. The fraction of sp³-hybridized carbons (Fsp3) is 0.381. The zero-order chi connectivity index (χ0) is 23.6. The number of hydrogen-bond acceptors (Lipinski definition) is 8. The highest BCUT2D eigenvalue weighted by Crippen LogP contribution is 2.42. The highest BCUT2D eigenvalue weighted by molar-refractivity contribution is 7.89. The van der Waals surface area contributed by atoms with Gasteiger partial charge >= 0.3 is 5.97 Å². The predicted octanol–water partition coefficient (Wildman–Crippen LogP) is 2.77. The van der Waals surface area contributed by atoms with Gasteiger partial charge < -0.3 is 14.2 Å².